The van der Waals surface area contributed by atoms with Crippen LogP contribution in [0.5, 0.6) is 0 Å². The molecule has 9 rings (SSSR count). The van der Waals surface area contributed by atoms with E-state index in [1.54, 1.807) is 16.7 Å². The zero-order valence-corrected chi connectivity index (χ0v) is 25.7. The summed E-state index contributed by atoms with van der Waals surface area (Å²) in [6, 6.07) is 31.2. The lowest BCUT2D eigenvalue weighted by Crippen LogP contribution is -2.56. The minimum absolute atomic E-state index is 0.144. The van der Waals surface area contributed by atoms with E-state index >= 15 is 0 Å². The molecule has 0 spiro atoms. The third-order valence-corrected chi connectivity index (χ3v) is 11.7. The topological polar surface area (TPSA) is 7.76 Å². The molecule has 43 heavy (non-hydrogen) atoms. The molecule has 2 heteroatoms. The van der Waals surface area contributed by atoms with Crippen LogP contribution >= 0.6 is 0 Å². The Labute approximate surface area is 255 Å². The molecule has 0 radical (unpaired) electrons. The molecule has 0 bridgehead atoms. The maximum atomic E-state index is 2.72. The van der Waals surface area contributed by atoms with Gasteiger partial charge in [0, 0.05) is 54.0 Å². The zero-order chi connectivity index (χ0) is 28.9. The predicted molar refractivity (Wildman–Crippen MR) is 173 cm³/mol. The van der Waals surface area contributed by atoms with Gasteiger partial charge in [-0.05, 0) is 71.3 Å². The van der Waals surface area contributed by atoms with Gasteiger partial charge in [-0.3, -0.25) is 0 Å². The van der Waals surface area contributed by atoms with Crippen LogP contribution in [0.4, 0.5) is 0 Å². The first-order valence-corrected chi connectivity index (χ1v) is 16.6. The maximum absolute atomic E-state index is 2.72. The highest BCUT2D eigenvalue weighted by molar-refractivity contribution is 5.82. The van der Waals surface area contributed by atoms with Crippen LogP contribution in [0.2, 0.25) is 0 Å². The standard InChI is InChI=1S/C41H40N2/c1-4-26-20-32-23-31-22-30(27-12-8-7-9-13-27)24-33-35(43(25-26)40(32)37(31)33)17-18-36-41(5-2,6-3)34-16-10-14-28-21-29-15-11-19-42(36)39(29)38(28)34/h7-16,19-20,22,24-25,35-36H,4-6,17-18,21,23H2,1-3H3/q+2. The Morgan fingerprint density at radius 3 is 2.28 bits per heavy atom. The molecule has 0 amide bonds. The van der Waals surface area contributed by atoms with Gasteiger partial charge >= 0.3 is 0 Å². The molecule has 2 nitrogen and oxygen atoms in total. The molecule has 2 unspecified atom stereocenters. The number of pyridine rings is 2. The first-order valence-electron chi connectivity index (χ1n) is 16.6. The fraction of sp³-hybridized carbons (Fsp3) is 0.317. The second kappa shape index (κ2) is 9.23. The van der Waals surface area contributed by atoms with Crippen LogP contribution < -0.4 is 9.13 Å². The molecule has 0 N–H and O–H groups in total. The van der Waals surface area contributed by atoms with Gasteiger partial charge in [0.25, 0.3) is 0 Å². The molecular weight excluding hydrogens is 520 g/mol. The van der Waals surface area contributed by atoms with E-state index in [1.165, 1.54) is 75.2 Å². The maximum Gasteiger partial charge on any atom is 0.217 e. The lowest BCUT2D eigenvalue weighted by molar-refractivity contribution is -0.730. The van der Waals surface area contributed by atoms with Crippen molar-refractivity contribution < 1.29 is 9.13 Å². The Hall–Kier alpha value is -4.04. The molecule has 212 valence electrons. The first-order chi connectivity index (χ1) is 21.1. The number of aryl methyl sites for hydroxylation is 1. The molecule has 4 heterocycles. The van der Waals surface area contributed by atoms with Gasteiger partial charge in [0.2, 0.25) is 11.4 Å². The van der Waals surface area contributed by atoms with Crippen LogP contribution in [-0.2, 0) is 24.7 Å². The van der Waals surface area contributed by atoms with E-state index < -0.39 is 0 Å². The number of benzene rings is 3. The summed E-state index contributed by atoms with van der Waals surface area (Å²) in [4.78, 5) is 0. The minimum atomic E-state index is 0.144. The summed E-state index contributed by atoms with van der Waals surface area (Å²) >= 11 is 0. The lowest BCUT2D eigenvalue weighted by Gasteiger charge is -2.41. The van der Waals surface area contributed by atoms with Crippen LogP contribution in [0, 0.1) is 0 Å². The summed E-state index contributed by atoms with van der Waals surface area (Å²) in [6.45, 7) is 7.17. The van der Waals surface area contributed by atoms with Crippen molar-refractivity contribution >= 4 is 0 Å². The van der Waals surface area contributed by atoms with Crippen molar-refractivity contribution in [1.82, 2.24) is 0 Å². The van der Waals surface area contributed by atoms with Gasteiger partial charge < -0.3 is 0 Å². The van der Waals surface area contributed by atoms with E-state index in [1.807, 2.05) is 0 Å². The molecule has 5 aromatic rings. The van der Waals surface area contributed by atoms with Crippen molar-refractivity contribution in [2.24, 2.45) is 0 Å². The molecule has 2 atom stereocenters. The van der Waals surface area contributed by atoms with Gasteiger partial charge in [-0.25, -0.2) is 0 Å². The quantitative estimate of drug-likeness (QED) is 0.172. The summed E-state index contributed by atoms with van der Waals surface area (Å²) in [5.41, 5.74) is 19.6. The van der Waals surface area contributed by atoms with E-state index in [2.05, 4.69) is 121 Å². The average Bonchev–Trinajstić information content (AvgIpc) is 3.73. The monoisotopic (exact) mass is 560 g/mol. The molecule has 0 saturated carbocycles. The van der Waals surface area contributed by atoms with Crippen LogP contribution in [-0.4, -0.2) is 0 Å². The lowest BCUT2D eigenvalue weighted by atomic mass is 9.64. The number of hydrogen-bond acceptors (Lipinski definition) is 0. The predicted octanol–water partition coefficient (Wildman–Crippen LogP) is 8.63. The summed E-state index contributed by atoms with van der Waals surface area (Å²) in [7, 11) is 0. The molecule has 2 aromatic heterocycles. The number of rotatable bonds is 7. The minimum Gasteiger partial charge on any atom is -0.194 e. The molecule has 0 fully saturated rings. The number of aromatic nitrogens is 2. The Balaban J connectivity index is 1.18. The molecule has 3 aromatic carbocycles. The van der Waals surface area contributed by atoms with E-state index in [-0.39, 0.29) is 5.41 Å². The van der Waals surface area contributed by atoms with Gasteiger partial charge in [0.05, 0.1) is 16.5 Å². The SMILES string of the molecule is CCc1cc2c3[n+](c1)C(CCC1[n+]4cccc5c4-c4c(cccc4C1(CC)CC)C5)c1cc(-c4ccccc4)cc(c1-3)C2. The highest BCUT2D eigenvalue weighted by Gasteiger charge is 2.53. The number of nitrogens with zero attached hydrogens (tertiary/aromatic N) is 2. The van der Waals surface area contributed by atoms with E-state index in [0.29, 0.717) is 12.1 Å². The zero-order valence-electron chi connectivity index (χ0n) is 25.7. The van der Waals surface area contributed by atoms with Gasteiger partial charge in [0.1, 0.15) is 0 Å². The number of hydrogen-bond donors (Lipinski definition) is 0. The van der Waals surface area contributed by atoms with Crippen molar-refractivity contribution in [1.29, 1.82) is 0 Å². The van der Waals surface area contributed by atoms with Crippen molar-refractivity contribution in [3.8, 4) is 33.6 Å². The van der Waals surface area contributed by atoms with Gasteiger partial charge in [-0.15, -0.1) is 0 Å². The molecule has 0 saturated heterocycles. The van der Waals surface area contributed by atoms with Gasteiger partial charge in [-0.1, -0.05) is 69.3 Å². The van der Waals surface area contributed by atoms with Crippen LogP contribution in [0.15, 0.2) is 91.3 Å². The van der Waals surface area contributed by atoms with Gasteiger partial charge in [-0.2, -0.15) is 9.13 Å². The third kappa shape index (κ3) is 3.35. The summed E-state index contributed by atoms with van der Waals surface area (Å²) in [6.07, 6.45) is 12.7. The summed E-state index contributed by atoms with van der Waals surface area (Å²) in [5.74, 6) is 0. The third-order valence-electron chi connectivity index (χ3n) is 11.7. The highest BCUT2D eigenvalue weighted by atomic mass is 15.1. The second-order valence-electron chi connectivity index (χ2n) is 13.4. The van der Waals surface area contributed by atoms with Crippen molar-refractivity contribution in [2.75, 3.05) is 0 Å². The van der Waals surface area contributed by atoms with E-state index in [4.69, 9.17) is 0 Å². The Morgan fingerprint density at radius 2 is 1.47 bits per heavy atom. The Bertz CT molecular complexity index is 1950. The summed E-state index contributed by atoms with van der Waals surface area (Å²) < 4.78 is 5.41. The second-order valence-corrected chi connectivity index (χ2v) is 13.4. The molecule has 2 aliphatic heterocycles. The van der Waals surface area contributed by atoms with Crippen LogP contribution in [0.1, 0.15) is 97.5 Å². The first kappa shape index (κ1) is 25.5. The van der Waals surface area contributed by atoms with Crippen molar-refractivity contribution in [2.45, 2.75) is 83.2 Å². The Morgan fingerprint density at radius 1 is 0.674 bits per heavy atom. The van der Waals surface area contributed by atoms with Crippen molar-refractivity contribution in [3.63, 3.8) is 0 Å². The molecule has 2 aliphatic carbocycles. The van der Waals surface area contributed by atoms with Crippen LogP contribution in [0.25, 0.3) is 33.6 Å². The molecular formula is C41H40N2+2. The average molecular weight is 561 g/mol. The van der Waals surface area contributed by atoms with E-state index in [9.17, 15) is 0 Å². The van der Waals surface area contributed by atoms with Crippen molar-refractivity contribution in [3.05, 3.63) is 130 Å². The Kier molecular flexibility index (Phi) is 5.46. The summed E-state index contributed by atoms with van der Waals surface area (Å²) in [5, 5.41) is 0. The molecule has 4 aliphatic rings. The normalized spacial score (nSPS) is 19.0. The fourth-order valence-corrected chi connectivity index (χ4v) is 9.66. The highest BCUT2D eigenvalue weighted by Crippen LogP contribution is 2.54. The van der Waals surface area contributed by atoms with Crippen LogP contribution in [0.3, 0.4) is 0 Å². The fourth-order valence-electron chi connectivity index (χ4n) is 9.66. The van der Waals surface area contributed by atoms with E-state index in [0.717, 1.165) is 25.7 Å². The smallest absolute Gasteiger partial charge is 0.194 e. The van der Waals surface area contributed by atoms with Gasteiger partial charge in [0.15, 0.2) is 24.5 Å². The largest absolute Gasteiger partial charge is 0.217 e.